The molecule has 0 spiro atoms. The third-order valence-electron chi connectivity index (χ3n) is 3.95. The van der Waals surface area contributed by atoms with Crippen molar-refractivity contribution in [3.63, 3.8) is 0 Å². The fraction of sp³-hybridized carbons (Fsp3) is 0.600. The van der Waals surface area contributed by atoms with E-state index in [1.54, 1.807) is 13.8 Å². The number of ether oxygens (including phenoxy) is 1. The number of halogens is 2. The van der Waals surface area contributed by atoms with Gasteiger partial charge in [-0.15, -0.1) is 0 Å². The lowest BCUT2D eigenvalue weighted by atomic mass is 9.78. The maximum atomic E-state index is 14.3. The van der Waals surface area contributed by atoms with E-state index in [9.17, 15) is 8.78 Å². The van der Waals surface area contributed by atoms with Crippen LogP contribution in [0, 0.1) is 11.6 Å². The molecule has 1 aromatic rings. The Labute approximate surface area is 124 Å². The van der Waals surface area contributed by atoms with E-state index in [2.05, 4.69) is 0 Å². The van der Waals surface area contributed by atoms with Gasteiger partial charge in [0, 0.05) is 5.46 Å². The van der Waals surface area contributed by atoms with Gasteiger partial charge in [-0.05, 0) is 47.6 Å². The van der Waals surface area contributed by atoms with Gasteiger partial charge in [-0.1, -0.05) is 6.07 Å². The first kappa shape index (κ1) is 16.2. The van der Waals surface area contributed by atoms with Gasteiger partial charge >= 0.3 is 7.12 Å². The molecule has 0 aromatic heterocycles. The maximum absolute atomic E-state index is 14.3. The summed E-state index contributed by atoms with van der Waals surface area (Å²) in [5, 5.41) is 0. The van der Waals surface area contributed by atoms with Crippen molar-refractivity contribution in [1.82, 2.24) is 0 Å². The van der Waals surface area contributed by atoms with Crippen molar-refractivity contribution in [2.24, 2.45) is 0 Å². The molecule has 1 aliphatic rings. The van der Waals surface area contributed by atoms with Gasteiger partial charge in [0.1, 0.15) is 0 Å². The molecule has 1 aromatic carbocycles. The molecule has 6 heteroatoms. The quantitative estimate of drug-likeness (QED) is 0.803. The molecular formula is C15H21BF2O3. The molecule has 21 heavy (non-hydrogen) atoms. The average molecular weight is 298 g/mol. The van der Waals surface area contributed by atoms with Crippen LogP contribution >= 0.6 is 0 Å². The lowest BCUT2D eigenvalue weighted by molar-refractivity contribution is 0.00578. The molecule has 1 fully saturated rings. The molecule has 2 rings (SSSR count). The van der Waals surface area contributed by atoms with E-state index in [0.29, 0.717) is 0 Å². The van der Waals surface area contributed by atoms with E-state index in [1.165, 1.54) is 12.1 Å². The minimum atomic E-state index is -1.02. The van der Waals surface area contributed by atoms with Gasteiger partial charge in [-0.25, -0.2) is 4.39 Å². The normalized spacial score (nSPS) is 20.1. The highest BCUT2D eigenvalue weighted by Crippen LogP contribution is 2.37. The first-order chi connectivity index (χ1) is 9.55. The van der Waals surface area contributed by atoms with E-state index in [4.69, 9.17) is 14.0 Å². The average Bonchev–Trinajstić information content (AvgIpc) is 2.54. The number of hydrogen-bond acceptors (Lipinski definition) is 3. The van der Waals surface area contributed by atoms with Crippen LogP contribution in [0.1, 0.15) is 41.5 Å². The highest BCUT2D eigenvalue weighted by atomic mass is 19.2. The van der Waals surface area contributed by atoms with E-state index < -0.39 is 30.0 Å². The van der Waals surface area contributed by atoms with Crippen LogP contribution in [0.15, 0.2) is 12.1 Å². The summed E-state index contributed by atoms with van der Waals surface area (Å²) < 4.78 is 45.0. The Morgan fingerprint density at radius 2 is 1.52 bits per heavy atom. The smallest absolute Gasteiger partial charge is 0.488 e. The molecule has 0 atom stereocenters. The molecule has 0 saturated carbocycles. The van der Waals surface area contributed by atoms with Gasteiger partial charge < -0.3 is 14.0 Å². The molecule has 0 unspecified atom stereocenters. The van der Waals surface area contributed by atoms with Crippen molar-refractivity contribution < 1.29 is 22.8 Å². The molecule has 0 N–H and O–H groups in total. The van der Waals surface area contributed by atoms with Crippen molar-refractivity contribution in [1.29, 1.82) is 0 Å². The molecule has 3 nitrogen and oxygen atoms in total. The minimum absolute atomic E-state index is 0.0438. The second-order valence-electron chi connectivity index (χ2n) is 6.54. The molecule has 116 valence electrons. The minimum Gasteiger partial charge on any atom is -0.488 e. The topological polar surface area (TPSA) is 27.7 Å². The van der Waals surface area contributed by atoms with Crippen molar-refractivity contribution in [2.75, 3.05) is 0 Å². The van der Waals surface area contributed by atoms with Gasteiger partial charge in [-0.3, -0.25) is 0 Å². The Kier molecular flexibility index (Phi) is 4.06. The van der Waals surface area contributed by atoms with Crippen LogP contribution in [-0.2, 0) is 9.31 Å². The zero-order valence-electron chi connectivity index (χ0n) is 13.3. The molecule has 0 radical (unpaired) electrons. The lowest BCUT2D eigenvalue weighted by Crippen LogP contribution is -2.41. The summed E-state index contributed by atoms with van der Waals surface area (Å²) in [5.41, 5.74) is -1.16. The predicted molar refractivity (Wildman–Crippen MR) is 77.8 cm³/mol. The second-order valence-corrected chi connectivity index (χ2v) is 6.54. The van der Waals surface area contributed by atoms with Crippen molar-refractivity contribution in [2.45, 2.75) is 58.8 Å². The largest absolute Gasteiger partial charge is 0.497 e. The fourth-order valence-corrected chi connectivity index (χ4v) is 2.04. The van der Waals surface area contributed by atoms with Crippen LogP contribution in [0.3, 0.4) is 0 Å². The van der Waals surface area contributed by atoms with Gasteiger partial charge in [-0.2, -0.15) is 4.39 Å². The molecule has 0 bridgehead atoms. The van der Waals surface area contributed by atoms with Gasteiger partial charge in [0.25, 0.3) is 0 Å². The zero-order chi connectivity index (χ0) is 16.0. The zero-order valence-corrected chi connectivity index (χ0v) is 13.3. The predicted octanol–water partition coefficient (Wildman–Crippen LogP) is 3.05. The van der Waals surface area contributed by atoms with Crippen molar-refractivity contribution in [3.8, 4) is 5.75 Å². The summed E-state index contributed by atoms with van der Waals surface area (Å²) >= 11 is 0. The maximum Gasteiger partial charge on any atom is 0.497 e. The van der Waals surface area contributed by atoms with Gasteiger partial charge in [0.15, 0.2) is 17.4 Å². The SMILES string of the molecule is CC(C)Oc1ccc(B2OC(C)(C)C(C)(C)O2)c(F)c1F. The summed E-state index contributed by atoms with van der Waals surface area (Å²) in [6.07, 6.45) is -0.235. The van der Waals surface area contributed by atoms with Crippen LogP contribution in [-0.4, -0.2) is 24.4 Å². The van der Waals surface area contributed by atoms with E-state index >= 15 is 0 Å². The summed E-state index contributed by atoms with van der Waals surface area (Å²) in [4.78, 5) is 0. The Hall–Kier alpha value is -1.14. The van der Waals surface area contributed by atoms with Gasteiger partial charge in [0.2, 0.25) is 0 Å². The standard InChI is InChI=1S/C15H21BF2O3/c1-9(2)19-11-8-7-10(12(17)13(11)18)16-20-14(3,4)15(5,6)21-16/h7-9H,1-6H3. The summed E-state index contributed by atoms with van der Waals surface area (Å²) in [7, 11) is -0.933. The number of hydrogen-bond donors (Lipinski definition) is 0. The molecule has 1 saturated heterocycles. The highest BCUT2D eigenvalue weighted by molar-refractivity contribution is 6.62. The molecule has 1 aliphatic heterocycles. The Bertz CT molecular complexity index is 528. The summed E-state index contributed by atoms with van der Waals surface area (Å²) in [6.45, 7) is 10.9. The molecule has 0 aliphatic carbocycles. The Morgan fingerprint density at radius 3 is 2.00 bits per heavy atom. The first-order valence-electron chi connectivity index (χ1n) is 7.05. The molecular weight excluding hydrogens is 277 g/mol. The number of benzene rings is 1. The lowest BCUT2D eigenvalue weighted by Gasteiger charge is -2.32. The monoisotopic (exact) mass is 298 g/mol. The number of rotatable bonds is 3. The third-order valence-corrected chi connectivity index (χ3v) is 3.95. The molecule has 1 heterocycles. The van der Waals surface area contributed by atoms with Crippen LogP contribution in [0.5, 0.6) is 5.75 Å². The first-order valence-corrected chi connectivity index (χ1v) is 7.05. The highest BCUT2D eigenvalue weighted by Gasteiger charge is 2.52. The van der Waals surface area contributed by atoms with E-state index in [1.807, 2.05) is 27.7 Å². The van der Waals surface area contributed by atoms with Crippen LogP contribution < -0.4 is 10.2 Å². The third kappa shape index (κ3) is 2.92. The van der Waals surface area contributed by atoms with Crippen LogP contribution in [0.25, 0.3) is 0 Å². The fourth-order valence-electron chi connectivity index (χ4n) is 2.04. The van der Waals surface area contributed by atoms with Crippen molar-refractivity contribution >= 4 is 12.6 Å². The van der Waals surface area contributed by atoms with E-state index in [0.717, 1.165) is 0 Å². The van der Waals surface area contributed by atoms with E-state index in [-0.39, 0.29) is 17.3 Å². The summed E-state index contributed by atoms with van der Waals surface area (Å²) in [5.74, 6) is -2.12. The second kappa shape index (κ2) is 5.25. The van der Waals surface area contributed by atoms with Crippen LogP contribution in [0.2, 0.25) is 0 Å². The van der Waals surface area contributed by atoms with Gasteiger partial charge in [0.05, 0.1) is 17.3 Å². The van der Waals surface area contributed by atoms with Crippen LogP contribution in [0.4, 0.5) is 8.78 Å². The Balaban J connectivity index is 2.33. The summed E-state index contributed by atoms with van der Waals surface area (Å²) in [6, 6.07) is 2.84. The Morgan fingerprint density at radius 1 is 1.00 bits per heavy atom. The molecule has 0 amide bonds. The van der Waals surface area contributed by atoms with Crippen molar-refractivity contribution in [3.05, 3.63) is 23.8 Å².